The molecule has 2 rings (SSSR count). The number of allylic oxidation sites excluding steroid dienone is 1. The van der Waals surface area contributed by atoms with Crippen LogP contribution in [0.3, 0.4) is 0 Å². The minimum Gasteiger partial charge on any atom is -0.361 e. The molecule has 3 N–H and O–H groups in total. The highest BCUT2D eigenvalue weighted by molar-refractivity contribution is 5.92. The van der Waals surface area contributed by atoms with E-state index >= 15 is 0 Å². The van der Waals surface area contributed by atoms with Crippen molar-refractivity contribution in [2.75, 3.05) is 6.61 Å². The van der Waals surface area contributed by atoms with Crippen molar-refractivity contribution < 1.29 is 15.3 Å². The van der Waals surface area contributed by atoms with E-state index in [1.807, 2.05) is 6.92 Å². The molecule has 1 heterocycles. The highest BCUT2D eigenvalue weighted by Gasteiger charge is 2.50. The number of carbonyl (C=O) groups is 1. The Morgan fingerprint density at radius 3 is 3.00 bits per heavy atom. The van der Waals surface area contributed by atoms with Crippen LogP contribution in [0.25, 0.3) is 0 Å². The summed E-state index contributed by atoms with van der Waals surface area (Å²) >= 11 is 0. The van der Waals surface area contributed by atoms with Crippen molar-refractivity contribution >= 4 is 5.78 Å². The lowest BCUT2D eigenvalue weighted by molar-refractivity contribution is -0.403. The molecule has 1 aliphatic carbocycles. The number of Topliss-reactive ketones (excluding diaryl/α,β-unsaturated/α-hetero) is 1. The van der Waals surface area contributed by atoms with Gasteiger partial charge in [0.15, 0.2) is 11.6 Å². The van der Waals surface area contributed by atoms with E-state index in [-0.39, 0.29) is 11.8 Å². The van der Waals surface area contributed by atoms with Crippen LogP contribution in [0.1, 0.15) is 32.6 Å². The van der Waals surface area contributed by atoms with Crippen molar-refractivity contribution in [3.8, 4) is 0 Å². The summed E-state index contributed by atoms with van der Waals surface area (Å²) in [5.74, 6) is 0.172. The zero-order valence-corrected chi connectivity index (χ0v) is 8.71. The first-order valence-corrected chi connectivity index (χ1v) is 5.31. The second-order valence-electron chi connectivity index (χ2n) is 4.54. The predicted octanol–water partition coefficient (Wildman–Crippen LogP) is 0.455. The summed E-state index contributed by atoms with van der Waals surface area (Å²) in [5, 5.41) is 0. The highest BCUT2D eigenvalue weighted by Crippen LogP contribution is 2.29. The maximum absolute atomic E-state index is 11.8. The van der Waals surface area contributed by atoms with Gasteiger partial charge in [-0.1, -0.05) is 11.6 Å². The van der Waals surface area contributed by atoms with Gasteiger partial charge in [-0.05, 0) is 26.2 Å². The van der Waals surface area contributed by atoms with Crippen molar-refractivity contribution in [3.05, 3.63) is 11.6 Å². The molecule has 3 nitrogen and oxygen atoms in total. The molecule has 3 heteroatoms. The average Bonchev–Trinajstić information content (AvgIpc) is 2.71. The molecule has 2 atom stereocenters. The van der Waals surface area contributed by atoms with E-state index in [4.69, 9.17) is 4.74 Å². The Morgan fingerprint density at radius 2 is 2.50 bits per heavy atom. The molecule has 78 valence electrons. The van der Waals surface area contributed by atoms with Crippen LogP contribution < -0.4 is 5.73 Å². The average molecular weight is 196 g/mol. The lowest BCUT2D eigenvalue weighted by Crippen LogP contribution is -2.67. The third kappa shape index (κ3) is 1.88. The van der Waals surface area contributed by atoms with Gasteiger partial charge in [0.2, 0.25) is 5.78 Å². The summed E-state index contributed by atoms with van der Waals surface area (Å²) in [6.07, 6.45) is 6.64. The highest BCUT2D eigenvalue weighted by atomic mass is 16.6. The molecule has 1 saturated heterocycles. The number of hydrogen-bond acceptors (Lipinski definition) is 2. The van der Waals surface area contributed by atoms with Gasteiger partial charge in [-0.2, -0.15) is 0 Å². The summed E-state index contributed by atoms with van der Waals surface area (Å²) in [5.41, 5.74) is 4.85. The molecule has 0 unspecified atom stereocenters. The summed E-state index contributed by atoms with van der Waals surface area (Å²) < 4.78 is 5.13. The van der Waals surface area contributed by atoms with Crippen molar-refractivity contribution in [2.24, 2.45) is 0 Å². The van der Waals surface area contributed by atoms with Crippen molar-refractivity contribution in [3.63, 3.8) is 0 Å². The van der Waals surface area contributed by atoms with E-state index in [9.17, 15) is 4.79 Å². The fraction of sp³-hybridized carbons (Fsp3) is 0.727. The molecule has 1 fully saturated rings. The molecule has 14 heavy (non-hydrogen) atoms. The van der Waals surface area contributed by atoms with E-state index in [1.165, 1.54) is 18.4 Å². The lowest BCUT2D eigenvalue weighted by Gasteiger charge is -2.10. The first kappa shape index (κ1) is 9.87. The van der Waals surface area contributed by atoms with Gasteiger partial charge < -0.3 is 10.5 Å². The summed E-state index contributed by atoms with van der Waals surface area (Å²) in [4.78, 5) is 11.8. The van der Waals surface area contributed by atoms with Crippen molar-refractivity contribution in [1.29, 1.82) is 0 Å². The number of rotatable bonds is 4. The standard InChI is InChI=1S/C11H17NO2/c1-11(7-14-11)10(13)9(12)6-8-4-2-3-5-8/h4,9H,2-3,5-7,12H2,1H3/p+1/t9-,11+/m0/s1. The van der Waals surface area contributed by atoms with E-state index in [2.05, 4.69) is 11.8 Å². The number of ketones is 1. The third-order valence-corrected chi connectivity index (χ3v) is 3.11. The first-order chi connectivity index (χ1) is 6.62. The normalized spacial score (nSPS) is 32.6. The van der Waals surface area contributed by atoms with Gasteiger partial charge in [-0.25, -0.2) is 0 Å². The molecule has 0 radical (unpaired) electrons. The second kappa shape index (κ2) is 3.48. The zero-order chi connectivity index (χ0) is 10.2. The fourth-order valence-electron chi connectivity index (χ4n) is 2.01. The SMILES string of the molecule is C[C@]1(C(=O)[C@@H]([NH3+])CC2=CCCC2)CO1. The van der Waals surface area contributed by atoms with Crippen molar-refractivity contribution in [2.45, 2.75) is 44.2 Å². The van der Waals surface area contributed by atoms with Gasteiger partial charge in [0.25, 0.3) is 0 Å². The van der Waals surface area contributed by atoms with Gasteiger partial charge in [0.1, 0.15) is 0 Å². The molecule has 0 aromatic heterocycles. The monoisotopic (exact) mass is 196 g/mol. The van der Waals surface area contributed by atoms with Crippen LogP contribution in [0, 0.1) is 0 Å². The molecule has 2 aliphatic rings. The van der Waals surface area contributed by atoms with E-state index < -0.39 is 5.60 Å². The van der Waals surface area contributed by atoms with E-state index in [0.717, 1.165) is 12.8 Å². The Bertz CT molecular complexity index is 279. The number of carbonyl (C=O) groups excluding carboxylic acids is 1. The zero-order valence-electron chi connectivity index (χ0n) is 8.71. The van der Waals surface area contributed by atoms with E-state index in [0.29, 0.717) is 6.61 Å². The summed E-state index contributed by atoms with van der Waals surface area (Å²) in [7, 11) is 0. The maximum Gasteiger partial charge on any atom is 0.223 e. The van der Waals surface area contributed by atoms with Crippen LogP contribution in [0.2, 0.25) is 0 Å². The number of epoxide rings is 1. The number of quaternary nitrogens is 1. The maximum atomic E-state index is 11.8. The van der Waals surface area contributed by atoms with Gasteiger partial charge in [0, 0.05) is 6.42 Å². The molecule has 0 spiro atoms. The molecule has 0 aromatic rings. The Labute approximate surface area is 84.3 Å². The van der Waals surface area contributed by atoms with Crippen molar-refractivity contribution in [1.82, 2.24) is 0 Å². The first-order valence-electron chi connectivity index (χ1n) is 5.31. The van der Waals surface area contributed by atoms with Gasteiger partial charge in [-0.15, -0.1) is 0 Å². The summed E-state index contributed by atoms with van der Waals surface area (Å²) in [6.45, 7) is 2.44. The van der Waals surface area contributed by atoms with Gasteiger partial charge >= 0.3 is 0 Å². The Hall–Kier alpha value is -0.670. The van der Waals surface area contributed by atoms with Crippen LogP contribution in [-0.2, 0) is 9.53 Å². The number of hydrogen-bond donors (Lipinski definition) is 1. The topological polar surface area (TPSA) is 57.2 Å². The largest absolute Gasteiger partial charge is 0.361 e. The quantitative estimate of drug-likeness (QED) is 0.524. The molecular weight excluding hydrogens is 178 g/mol. The second-order valence-corrected chi connectivity index (χ2v) is 4.54. The third-order valence-electron chi connectivity index (χ3n) is 3.11. The molecule has 0 saturated carbocycles. The van der Waals surface area contributed by atoms with Gasteiger partial charge in [-0.3, -0.25) is 4.79 Å². The lowest BCUT2D eigenvalue weighted by atomic mass is 9.95. The predicted molar refractivity (Wildman–Crippen MR) is 52.6 cm³/mol. The number of ether oxygens (including phenoxy) is 1. The van der Waals surface area contributed by atoms with Crippen LogP contribution >= 0.6 is 0 Å². The van der Waals surface area contributed by atoms with Crippen LogP contribution in [0.4, 0.5) is 0 Å². The van der Waals surface area contributed by atoms with Crippen LogP contribution in [-0.4, -0.2) is 24.0 Å². The minimum absolute atomic E-state index is 0.119. The Balaban J connectivity index is 1.88. The fourth-order valence-corrected chi connectivity index (χ4v) is 2.01. The van der Waals surface area contributed by atoms with E-state index in [1.54, 1.807) is 0 Å². The van der Waals surface area contributed by atoms with Gasteiger partial charge in [0.05, 0.1) is 6.61 Å². The molecule has 1 aliphatic heterocycles. The minimum atomic E-state index is -0.494. The van der Waals surface area contributed by atoms with Crippen LogP contribution in [0.15, 0.2) is 11.6 Å². The molecule has 0 aromatic carbocycles. The molecule has 0 amide bonds. The smallest absolute Gasteiger partial charge is 0.223 e. The Morgan fingerprint density at radius 1 is 1.79 bits per heavy atom. The molecule has 0 bridgehead atoms. The molecular formula is C11H18NO2+. The van der Waals surface area contributed by atoms with Crippen LogP contribution in [0.5, 0.6) is 0 Å². The summed E-state index contributed by atoms with van der Waals surface area (Å²) in [6, 6.07) is -0.119. The Kier molecular flexibility index (Phi) is 2.45.